The molecule has 0 unspecified atom stereocenters. The molecule has 0 radical (unpaired) electrons. The summed E-state index contributed by atoms with van der Waals surface area (Å²) >= 11 is 0. The molecule has 1 amide bonds. The number of fused-ring (bicyclic) bond motifs is 1. The Morgan fingerprint density at radius 3 is 2.65 bits per heavy atom. The van der Waals surface area contributed by atoms with Gasteiger partial charge in [0, 0.05) is 28.8 Å². The van der Waals surface area contributed by atoms with Crippen molar-refractivity contribution in [1.29, 1.82) is 0 Å². The van der Waals surface area contributed by atoms with Gasteiger partial charge in [-0.15, -0.1) is 0 Å². The van der Waals surface area contributed by atoms with Crippen molar-refractivity contribution >= 4 is 28.9 Å². The second-order valence-electron chi connectivity index (χ2n) is 5.49. The maximum absolute atomic E-state index is 12.4. The van der Waals surface area contributed by atoms with Gasteiger partial charge >= 0.3 is 0 Å². The first-order valence-corrected chi connectivity index (χ1v) is 7.38. The zero-order chi connectivity index (χ0) is 15.8. The van der Waals surface area contributed by atoms with E-state index in [4.69, 9.17) is 5.73 Å². The van der Waals surface area contributed by atoms with Crippen LogP contribution in [0.3, 0.4) is 0 Å². The van der Waals surface area contributed by atoms with Crippen molar-refractivity contribution in [2.75, 3.05) is 11.1 Å². The average Bonchev–Trinajstić information content (AvgIpc) is 3.16. The number of nitrogens with one attached hydrogen (secondary N) is 2. The van der Waals surface area contributed by atoms with Gasteiger partial charge in [-0.1, -0.05) is 24.3 Å². The highest BCUT2D eigenvalue weighted by molar-refractivity contribution is 6.36. The zero-order valence-corrected chi connectivity index (χ0v) is 12.3. The molecule has 4 heteroatoms. The molecule has 1 aliphatic heterocycles. The minimum atomic E-state index is -0.0917. The van der Waals surface area contributed by atoms with Crippen molar-refractivity contribution in [2.45, 2.75) is 0 Å². The summed E-state index contributed by atoms with van der Waals surface area (Å²) < 4.78 is 0. The summed E-state index contributed by atoms with van der Waals surface area (Å²) in [6, 6.07) is 17.4. The van der Waals surface area contributed by atoms with E-state index < -0.39 is 0 Å². The number of amides is 1. The van der Waals surface area contributed by atoms with Gasteiger partial charge in [-0.3, -0.25) is 4.79 Å². The van der Waals surface area contributed by atoms with Crippen molar-refractivity contribution in [2.24, 2.45) is 0 Å². The highest BCUT2D eigenvalue weighted by Crippen LogP contribution is 2.40. The lowest BCUT2D eigenvalue weighted by Gasteiger charge is -2.09. The highest BCUT2D eigenvalue weighted by atomic mass is 16.2. The summed E-state index contributed by atoms with van der Waals surface area (Å²) in [4.78, 5) is 15.5. The molecule has 0 atom stereocenters. The number of aromatic amines is 1. The summed E-state index contributed by atoms with van der Waals surface area (Å²) in [5.41, 5.74) is 11.9. The van der Waals surface area contributed by atoms with Crippen LogP contribution >= 0.6 is 0 Å². The first-order chi connectivity index (χ1) is 11.2. The topological polar surface area (TPSA) is 70.9 Å². The van der Waals surface area contributed by atoms with Crippen molar-refractivity contribution in [3.05, 3.63) is 72.1 Å². The molecule has 4 N–H and O–H groups in total. The number of hydrogen-bond acceptors (Lipinski definition) is 2. The largest absolute Gasteiger partial charge is 0.399 e. The van der Waals surface area contributed by atoms with Gasteiger partial charge in [0.2, 0.25) is 0 Å². The fourth-order valence-electron chi connectivity index (χ4n) is 2.92. The summed E-state index contributed by atoms with van der Waals surface area (Å²) in [6.45, 7) is 0. The molecule has 1 aliphatic rings. The van der Waals surface area contributed by atoms with E-state index in [2.05, 4.69) is 10.3 Å². The second kappa shape index (κ2) is 5.18. The van der Waals surface area contributed by atoms with Gasteiger partial charge in [0.25, 0.3) is 5.91 Å². The zero-order valence-electron chi connectivity index (χ0n) is 12.3. The molecule has 23 heavy (non-hydrogen) atoms. The number of rotatable bonds is 2. The average molecular weight is 301 g/mol. The molecule has 0 fully saturated rings. The molecule has 0 aliphatic carbocycles. The Labute approximate surface area is 133 Å². The van der Waals surface area contributed by atoms with E-state index in [1.807, 2.05) is 66.9 Å². The Morgan fingerprint density at radius 1 is 1.00 bits per heavy atom. The lowest BCUT2D eigenvalue weighted by Crippen LogP contribution is -2.03. The Bertz CT molecular complexity index is 924. The van der Waals surface area contributed by atoms with Crippen LogP contribution in [0, 0.1) is 0 Å². The first kappa shape index (κ1) is 13.4. The molecule has 0 spiro atoms. The predicted octanol–water partition coefficient (Wildman–Crippen LogP) is 3.76. The third-order valence-corrected chi connectivity index (χ3v) is 3.95. The molecular formula is C19H15N3O. The lowest BCUT2D eigenvalue weighted by atomic mass is 9.94. The molecule has 4 nitrogen and oxygen atoms in total. The molecule has 0 bridgehead atoms. The number of nitrogen functional groups attached to an aromatic ring is 1. The van der Waals surface area contributed by atoms with Crippen LogP contribution in [0.5, 0.6) is 0 Å². The normalized spacial score (nSPS) is 14.8. The van der Waals surface area contributed by atoms with Crippen LogP contribution in [0.15, 0.2) is 60.8 Å². The SMILES string of the molecule is Nc1cccc(-c2cccc3c2/C(=C/c2ccc[nH]2)C(=O)N3)c1. The van der Waals surface area contributed by atoms with Gasteiger partial charge in [0.15, 0.2) is 0 Å². The third kappa shape index (κ3) is 2.30. The summed E-state index contributed by atoms with van der Waals surface area (Å²) in [5.74, 6) is -0.0917. The van der Waals surface area contributed by atoms with E-state index >= 15 is 0 Å². The Kier molecular flexibility index (Phi) is 3.01. The first-order valence-electron chi connectivity index (χ1n) is 7.38. The van der Waals surface area contributed by atoms with Crippen LogP contribution in [0.4, 0.5) is 11.4 Å². The lowest BCUT2D eigenvalue weighted by molar-refractivity contribution is -0.110. The number of carbonyl (C=O) groups is 1. The predicted molar refractivity (Wildman–Crippen MR) is 93.6 cm³/mol. The minimum absolute atomic E-state index is 0.0917. The van der Waals surface area contributed by atoms with Crippen molar-refractivity contribution in [1.82, 2.24) is 4.98 Å². The van der Waals surface area contributed by atoms with Gasteiger partial charge in [-0.2, -0.15) is 0 Å². The van der Waals surface area contributed by atoms with Gasteiger partial charge in [0.1, 0.15) is 0 Å². The number of anilines is 2. The molecule has 0 saturated heterocycles. The maximum Gasteiger partial charge on any atom is 0.256 e. The van der Waals surface area contributed by atoms with Crippen LogP contribution in [0.25, 0.3) is 22.8 Å². The number of benzene rings is 2. The molecule has 1 aromatic heterocycles. The molecule has 4 rings (SSSR count). The molecule has 112 valence electrons. The quantitative estimate of drug-likeness (QED) is 0.498. The second-order valence-corrected chi connectivity index (χ2v) is 5.49. The number of nitrogens with two attached hydrogens (primary N) is 1. The molecule has 3 aromatic rings. The van der Waals surface area contributed by atoms with Crippen LogP contribution in [0.1, 0.15) is 11.3 Å². The van der Waals surface area contributed by atoms with Crippen LogP contribution in [-0.4, -0.2) is 10.9 Å². The number of hydrogen-bond donors (Lipinski definition) is 3. The Morgan fingerprint density at radius 2 is 1.87 bits per heavy atom. The maximum atomic E-state index is 12.4. The third-order valence-electron chi connectivity index (χ3n) is 3.95. The molecule has 2 heterocycles. The number of H-pyrrole nitrogens is 1. The van der Waals surface area contributed by atoms with Crippen LogP contribution in [-0.2, 0) is 4.79 Å². The molecular weight excluding hydrogens is 286 g/mol. The van der Waals surface area contributed by atoms with Gasteiger partial charge in [0.05, 0.1) is 5.57 Å². The minimum Gasteiger partial charge on any atom is -0.399 e. The van der Waals surface area contributed by atoms with E-state index in [-0.39, 0.29) is 5.91 Å². The van der Waals surface area contributed by atoms with E-state index in [1.165, 1.54) is 0 Å². The van der Waals surface area contributed by atoms with E-state index in [9.17, 15) is 4.79 Å². The monoisotopic (exact) mass is 301 g/mol. The number of carbonyl (C=O) groups excluding carboxylic acids is 1. The van der Waals surface area contributed by atoms with Crippen molar-refractivity contribution in [3.63, 3.8) is 0 Å². The smallest absolute Gasteiger partial charge is 0.256 e. The Hall–Kier alpha value is -3.27. The standard InChI is InChI=1S/C19H15N3O/c20-13-5-1-4-12(10-13)15-7-2-8-17-18(15)16(19(23)22-17)11-14-6-3-9-21-14/h1-11,21H,20H2,(H,22,23)/b16-11-. The highest BCUT2D eigenvalue weighted by Gasteiger charge is 2.27. The van der Waals surface area contributed by atoms with Gasteiger partial charge < -0.3 is 16.0 Å². The summed E-state index contributed by atoms with van der Waals surface area (Å²) in [6.07, 6.45) is 3.71. The van der Waals surface area contributed by atoms with Crippen LogP contribution in [0.2, 0.25) is 0 Å². The van der Waals surface area contributed by atoms with E-state index in [0.717, 1.165) is 28.1 Å². The molecule has 2 aromatic carbocycles. The van der Waals surface area contributed by atoms with Crippen LogP contribution < -0.4 is 11.1 Å². The van der Waals surface area contributed by atoms with Gasteiger partial charge in [-0.05, 0) is 47.5 Å². The summed E-state index contributed by atoms with van der Waals surface area (Å²) in [7, 11) is 0. The molecule has 0 saturated carbocycles. The number of aromatic nitrogens is 1. The Balaban J connectivity index is 1.93. The summed E-state index contributed by atoms with van der Waals surface area (Å²) in [5, 5.41) is 2.93. The fraction of sp³-hybridized carbons (Fsp3) is 0. The van der Waals surface area contributed by atoms with E-state index in [1.54, 1.807) is 0 Å². The van der Waals surface area contributed by atoms with Crippen molar-refractivity contribution < 1.29 is 4.79 Å². The van der Waals surface area contributed by atoms with E-state index in [0.29, 0.717) is 11.3 Å². The van der Waals surface area contributed by atoms with Gasteiger partial charge in [-0.25, -0.2) is 0 Å². The fourth-order valence-corrected chi connectivity index (χ4v) is 2.92. The van der Waals surface area contributed by atoms with Crippen molar-refractivity contribution in [3.8, 4) is 11.1 Å².